The van der Waals surface area contributed by atoms with Gasteiger partial charge in [0.25, 0.3) is 0 Å². The van der Waals surface area contributed by atoms with Crippen LogP contribution in [0, 0.1) is 5.92 Å². The third-order valence-electron chi connectivity index (χ3n) is 7.99. The number of allylic oxidation sites excluding steroid dienone is 4. The van der Waals surface area contributed by atoms with Crippen LogP contribution in [-0.2, 0) is 32.1 Å². The SMILES string of the molecule is C[C](C)=[Zr+2]([C]1=C(c2ccsc2)C=CC1C)[CH]1c2cc(C(C)(C)C)ccc2-c2ccc(C(C)(C)C)cc21.[Cl-].[Cl-]. The van der Waals surface area contributed by atoms with Gasteiger partial charge in [-0.2, -0.15) is 0 Å². The van der Waals surface area contributed by atoms with Crippen LogP contribution < -0.4 is 24.8 Å². The molecule has 0 nitrogen and oxygen atoms in total. The third-order valence-corrected chi connectivity index (χ3v) is 17.5. The Morgan fingerprint density at radius 1 is 0.789 bits per heavy atom. The Bertz CT molecular complexity index is 1360. The second-order valence-corrected chi connectivity index (χ2v) is 21.0. The summed E-state index contributed by atoms with van der Waals surface area (Å²) < 4.78 is 4.00. The van der Waals surface area contributed by atoms with Gasteiger partial charge in [0.15, 0.2) is 0 Å². The molecule has 0 saturated carbocycles. The monoisotopic (exact) mass is 640 g/mol. The van der Waals surface area contributed by atoms with Crippen LogP contribution in [0.1, 0.15) is 93.8 Å². The Labute approximate surface area is 254 Å². The van der Waals surface area contributed by atoms with Crippen molar-refractivity contribution in [3.63, 3.8) is 0 Å². The molecule has 1 heterocycles. The van der Waals surface area contributed by atoms with Gasteiger partial charge >= 0.3 is 232 Å². The van der Waals surface area contributed by atoms with Crippen LogP contribution in [0.3, 0.4) is 0 Å². The van der Waals surface area contributed by atoms with Gasteiger partial charge in [-0.15, -0.1) is 0 Å². The van der Waals surface area contributed by atoms with Gasteiger partial charge in [0.05, 0.1) is 0 Å². The topological polar surface area (TPSA) is 0 Å². The molecule has 1 atom stereocenters. The van der Waals surface area contributed by atoms with Crippen molar-refractivity contribution in [2.45, 2.75) is 76.8 Å². The number of fused-ring (bicyclic) bond motifs is 3. The molecule has 4 heteroatoms. The minimum atomic E-state index is -2.35. The van der Waals surface area contributed by atoms with Crippen LogP contribution in [0.2, 0.25) is 0 Å². The van der Waals surface area contributed by atoms with E-state index in [-0.39, 0.29) is 35.6 Å². The molecule has 1 unspecified atom stereocenters. The standard InChI is InChI=1S/C21H25.C10H9S.C3H6.2ClH.Zr/c1-20(2,3)16-7-9-18-14(12-16)11-15-13-17(21(4,5)6)8-10-19(15)18;1-8-2-3-9(6-8)10-4-5-11-7-10;1-3-2;;;/h7-13H,1-6H3;2-5,7-8H,1H3;1-2H3;2*1H;/q;;;;;+2/p-2. The van der Waals surface area contributed by atoms with Gasteiger partial charge in [-0.05, 0) is 0 Å². The number of rotatable bonds is 3. The molecule has 2 aliphatic carbocycles. The molecule has 0 spiro atoms. The maximum Gasteiger partial charge on any atom is -1.00 e. The average Bonchev–Trinajstić information content (AvgIpc) is 3.51. The molecule has 0 amide bonds. The fourth-order valence-electron chi connectivity index (χ4n) is 5.95. The van der Waals surface area contributed by atoms with E-state index in [0.717, 1.165) is 0 Å². The van der Waals surface area contributed by atoms with Crippen molar-refractivity contribution in [3.05, 3.63) is 96.5 Å². The minimum Gasteiger partial charge on any atom is -1.00 e. The van der Waals surface area contributed by atoms with Gasteiger partial charge < -0.3 is 24.8 Å². The van der Waals surface area contributed by atoms with E-state index in [4.69, 9.17) is 0 Å². The molecule has 38 heavy (non-hydrogen) atoms. The molecule has 1 aromatic heterocycles. The third kappa shape index (κ3) is 5.58. The number of hydrogen-bond donors (Lipinski definition) is 0. The molecule has 0 radical (unpaired) electrons. The predicted octanol–water partition coefficient (Wildman–Crippen LogP) is 3.87. The number of thiophene rings is 1. The van der Waals surface area contributed by atoms with Crippen molar-refractivity contribution >= 4 is 20.1 Å². The van der Waals surface area contributed by atoms with Crippen molar-refractivity contribution in [2.75, 3.05) is 0 Å². The molecular formula is C34H40Cl2SZr. The van der Waals surface area contributed by atoms with Gasteiger partial charge in [-0.3, -0.25) is 0 Å². The van der Waals surface area contributed by atoms with E-state index in [0.29, 0.717) is 9.54 Å². The molecule has 0 aliphatic heterocycles. The second-order valence-electron chi connectivity index (χ2n) is 12.9. The number of benzene rings is 2. The summed E-state index contributed by atoms with van der Waals surface area (Å²) in [6, 6.07) is 17.1. The number of halogens is 2. The largest absolute Gasteiger partial charge is 1.00 e. The van der Waals surface area contributed by atoms with E-state index in [2.05, 4.69) is 128 Å². The first kappa shape index (κ1) is 31.5. The zero-order chi connectivity index (χ0) is 26.0. The summed E-state index contributed by atoms with van der Waals surface area (Å²) in [5, 5.41) is 4.57. The van der Waals surface area contributed by atoms with Crippen LogP contribution in [0.25, 0.3) is 16.7 Å². The molecule has 0 fully saturated rings. The average molecular weight is 643 g/mol. The molecule has 0 N–H and O–H groups in total. The number of hydrogen-bond acceptors (Lipinski definition) is 1. The smallest absolute Gasteiger partial charge is 1.00 e. The molecule has 5 rings (SSSR count). The molecule has 3 aromatic rings. The van der Waals surface area contributed by atoms with Gasteiger partial charge in [0.1, 0.15) is 0 Å². The molecule has 2 aliphatic rings. The van der Waals surface area contributed by atoms with Crippen LogP contribution >= 0.6 is 11.3 Å². The van der Waals surface area contributed by atoms with Crippen LogP contribution in [0.5, 0.6) is 0 Å². The first-order valence-corrected chi connectivity index (χ1v) is 18.1. The fourth-order valence-corrected chi connectivity index (χ4v) is 15.5. The Balaban J connectivity index is 0.00000200. The first-order chi connectivity index (χ1) is 16.9. The van der Waals surface area contributed by atoms with Gasteiger partial charge in [0, 0.05) is 0 Å². The molecule has 0 bridgehead atoms. The van der Waals surface area contributed by atoms with Gasteiger partial charge in [-0.25, -0.2) is 0 Å². The van der Waals surface area contributed by atoms with Gasteiger partial charge in [-0.1, -0.05) is 0 Å². The van der Waals surface area contributed by atoms with Crippen LogP contribution in [-0.4, -0.2) is 3.21 Å². The summed E-state index contributed by atoms with van der Waals surface area (Å²) in [4.78, 5) is 0. The van der Waals surface area contributed by atoms with Crippen molar-refractivity contribution in [2.24, 2.45) is 5.92 Å². The second kappa shape index (κ2) is 11.4. The molecule has 200 valence electrons. The minimum absolute atomic E-state index is 0. The fraction of sp³-hybridized carbons (Fsp3) is 0.382. The van der Waals surface area contributed by atoms with E-state index in [1.807, 2.05) is 11.3 Å². The first-order valence-electron chi connectivity index (χ1n) is 13.3. The summed E-state index contributed by atoms with van der Waals surface area (Å²) in [7, 11) is 0. The zero-order valence-electron chi connectivity index (χ0n) is 24.2. The van der Waals surface area contributed by atoms with Gasteiger partial charge in [0.2, 0.25) is 0 Å². The summed E-state index contributed by atoms with van der Waals surface area (Å²) in [6.45, 7) is 21.4. The predicted molar refractivity (Wildman–Crippen MR) is 157 cm³/mol. The van der Waals surface area contributed by atoms with Crippen molar-refractivity contribution in [1.82, 2.24) is 0 Å². The van der Waals surface area contributed by atoms with Crippen LogP contribution in [0.15, 0.2) is 68.7 Å². The quantitative estimate of drug-likeness (QED) is 0.407. The molecule has 2 aromatic carbocycles. The Morgan fingerprint density at radius 3 is 1.74 bits per heavy atom. The van der Waals surface area contributed by atoms with E-state index in [1.165, 1.54) is 33.4 Å². The molecule has 0 saturated heterocycles. The maximum atomic E-state index is 2.58. The molecular weight excluding hydrogens is 603 g/mol. The van der Waals surface area contributed by atoms with Crippen molar-refractivity contribution in [1.29, 1.82) is 0 Å². The van der Waals surface area contributed by atoms with E-state index >= 15 is 0 Å². The summed E-state index contributed by atoms with van der Waals surface area (Å²) in [6.07, 6.45) is 4.89. The Kier molecular flexibility index (Phi) is 9.48. The van der Waals surface area contributed by atoms with Crippen molar-refractivity contribution in [3.8, 4) is 11.1 Å². The maximum absolute atomic E-state index is 2.58. The summed E-state index contributed by atoms with van der Waals surface area (Å²) in [5.41, 5.74) is 12.3. The van der Waals surface area contributed by atoms with Crippen molar-refractivity contribution < 1.29 is 46.1 Å². The summed E-state index contributed by atoms with van der Waals surface area (Å²) >= 11 is -0.538. The van der Waals surface area contributed by atoms with E-state index in [1.54, 1.807) is 17.6 Å². The van der Waals surface area contributed by atoms with E-state index < -0.39 is 21.3 Å². The van der Waals surface area contributed by atoms with E-state index in [9.17, 15) is 0 Å². The summed E-state index contributed by atoms with van der Waals surface area (Å²) in [5.74, 6) is 0.522. The Hall–Kier alpha value is -1.05. The zero-order valence-corrected chi connectivity index (χ0v) is 29.0. The Morgan fingerprint density at radius 2 is 1.32 bits per heavy atom. The normalized spacial score (nSPS) is 16.4. The van der Waals surface area contributed by atoms with Crippen LogP contribution in [0.4, 0.5) is 0 Å².